The maximum atomic E-state index is 11.6. The quantitative estimate of drug-likeness (QED) is 0.525. The molecule has 0 aromatic heterocycles. The third-order valence-corrected chi connectivity index (χ3v) is 2.43. The monoisotopic (exact) mass is 295 g/mol. The smallest absolute Gasteiger partial charge is 0.332 e. The van der Waals surface area contributed by atoms with E-state index in [1.807, 2.05) is 0 Å². The van der Waals surface area contributed by atoms with Crippen LogP contribution in [-0.2, 0) is 9.59 Å². The molecule has 8 heteroatoms. The van der Waals surface area contributed by atoms with Crippen molar-refractivity contribution in [2.24, 2.45) is 0 Å². The Morgan fingerprint density at radius 1 is 1.19 bits per heavy atom. The van der Waals surface area contributed by atoms with Crippen LogP contribution in [0.3, 0.4) is 0 Å². The second kappa shape index (κ2) is 7.85. The van der Waals surface area contributed by atoms with E-state index in [9.17, 15) is 14.4 Å². The van der Waals surface area contributed by atoms with Gasteiger partial charge >= 0.3 is 12.0 Å². The predicted octanol–water partition coefficient (Wildman–Crippen LogP) is 0.602. The molecule has 3 amide bonds. The zero-order chi connectivity index (χ0) is 15.8. The van der Waals surface area contributed by atoms with Crippen LogP contribution < -0.4 is 16.0 Å². The minimum atomic E-state index is -1.51. The molecule has 21 heavy (non-hydrogen) atoms. The van der Waals surface area contributed by atoms with E-state index in [4.69, 9.17) is 10.2 Å². The summed E-state index contributed by atoms with van der Waals surface area (Å²) < 4.78 is 0. The summed E-state index contributed by atoms with van der Waals surface area (Å²) in [5, 5.41) is 25.0. The first-order valence-corrected chi connectivity index (χ1v) is 6.22. The van der Waals surface area contributed by atoms with Gasteiger partial charge in [0.15, 0.2) is 6.10 Å². The minimum absolute atomic E-state index is 0.0185. The normalized spacial score (nSPS) is 11.3. The Balaban J connectivity index is 2.44. The highest BCUT2D eigenvalue weighted by molar-refractivity contribution is 5.92. The molecule has 0 saturated carbocycles. The maximum Gasteiger partial charge on any atom is 0.332 e. The molecular weight excluding hydrogens is 278 g/mol. The summed E-state index contributed by atoms with van der Waals surface area (Å²) in [5.74, 6) is -1.56. The molecule has 0 heterocycles. The summed E-state index contributed by atoms with van der Waals surface area (Å²) in [6.45, 7) is 1.39. The van der Waals surface area contributed by atoms with E-state index < -0.39 is 18.1 Å². The lowest BCUT2D eigenvalue weighted by molar-refractivity contribution is -0.146. The van der Waals surface area contributed by atoms with Gasteiger partial charge in [-0.1, -0.05) is 6.07 Å². The van der Waals surface area contributed by atoms with Crippen molar-refractivity contribution in [3.05, 3.63) is 24.3 Å². The van der Waals surface area contributed by atoms with Crippen molar-refractivity contribution in [2.75, 3.05) is 17.2 Å². The molecule has 1 rings (SSSR count). The van der Waals surface area contributed by atoms with Crippen LogP contribution in [0.2, 0.25) is 0 Å². The summed E-state index contributed by atoms with van der Waals surface area (Å²) in [6, 6.07) is 6.01. The number of aliphatic carboxylic acids is 1. The van der Waals surface area contributed by atoms with Gasteiger partial charge in [-0.2, -0.15) is 0 Å². The van der Waals surface area contributed by atoms with Gasteiger partial charge in [0.2, 0.25) is 5.91 Å². The number of hydrogen-bond acceptors (Lipinski definition) is 4. The van der Waals surface area contributed by atoms with E-state index in [0.29, 0.717) is 11.4 Å². The number of aliphatic hydroxyl groups excluding tert-OH is 1. The molecule has 0 spiro atoms. The molecule has 0 bridgehead atoms. The molecule has 0 aliphatic rings. The number of hydrogen-bond donors (Lipinski definition) is 5. The van der Waals surface area contributed by atoms with E-state index in [-0.39, 0.29) is 18.9 Å². The van der Waals surface area contributed by atoms with Crippen LogP contribution in [-0.4, -0.2) is 40.8 Å². The van der Waals surface area contributed by atoms with E-state index in [0.717, 1.165) is 0 Å². The summed E-state index contributed by atoms with van der Waals surface area (Å²) in [7, 11) is 0. The maximum absolute atomic E-state index is 11.6. The van der Waals surface area contributed by atoms with Gasteiger partial charge < -0.3 is 26.2 Å². The van der Waals surface area contributed by atoms with Crippen molar-refractivity contribution < 1.29 is 24.6 Å². The highest BCUT2D eigenvalue weighted by Gasteiger charge is 2.12. The number of rotatable bonds is 6. The van der Waals surface area contributed by atoms with Gasteiger partial charge in [-0.15, -0.1) is 0 Å². The van der Waals surface area contributed by atoms with Crippen LogP contribution in [0.1, 0.15) is 13.3 Å². The number of carbonyl (C=O) groups excluding carboxylic acids is 2. The van der Waals surface area contributed by atoms with Crippen LogP contribution in [0.4, 0.5) is 16.2 Å². The molecule has 8 nitrogen and oxygen atoms in total. The molecular formula is C13H17N3O5. The van der Waals surface area contributed by atoms with Gasteiger partial charge in [0, 0.05) is 31.3 Å². The zero-order valence-electron chi connectivity index (χ0n) is 11.4. The van der Waals surface area contributed by atoms with Crippen molar-refractivity contribution in [3.63, 3.8) is 0 Å². The van der Waals surface area contributed by atoms with Gasteiger partial charge in [0.05, 0.1) is 0 Å². The number of carboxylic acids is 1. The van der Waals surface area contributed by atoms with Gasteiger partial charge in [0.1, 0.15) is 0 Å². The predicted molar refractivity (Wildman–Crippen MR) is 76.0 cm³/mol. The number of benzene rings is 1. The summed E-state index contributed by atoms with van der Waals surface area (Å²) in [4.78, 5) is 32.9. The number of carboxylic acid groups (broad SMARTS) is 1. The number of anilines is 2. The third-order valence-electron chi connectivity index (χ3n) is 2.43. The molecule has 0 unspecified atom stereocenters. The molecule has 0 radical (unpaired) electrons. The lowest BCUT2D eigenvalue weighted by Gasteiger charge is -2.10. The SMILES string of the molecule is CC(=O)Nc1cccc(NC(=O)NCC[C@H](O)C(=O)O)c1. The molecule has 114 valence electrons. The third kappa shape index (κ3) is 6.39. The van der Waals surface area contributed by atoms with E-state index in [1.54, 1.807) is 24.3 Å². The van der Waals surface area contributed by atoms with Gasteiger partial charge in [0.25, 0.3) is 0 Å². The lowest BCUT2D eigenvalue weighted by Crippen LogP contribution is -2.33. The summed E-state index contributed by atoms with van der Waals surface area (Å²) in [6.07, 6.45) is -1.59. The Kier molecular flexibility index (Phi) is 6.15. The Morgan fingerprint density at radius 2 is 1.81 bits per heavy atom. The van der Waals surface area contributed by atoms with Crippen LogP contribution in [0.25, 0.3) is 0 Å². The second-order valence-electron chi connectivity index (χ2n) is 4.29. The van der Waals surface area contributed by atoms with Crippen LogP contribution in [0.15, 0.2) is 24.3 Å². The highest BCUT2D eigenvalue weighted by atomic mass is 16.4. The topological polar surface area (TPSA) is 128 Å². The molecule has 0 aliphatic heterocycles. The first-order valence-electron chi connectivity index (χ1n) is 6.22. The van der Waals surface area contributed by atoms with Gasteiger partial charge in [-0.3, -0.25) is 4.79 Å². The fourth-order valence-corrected chi connectivity index (χ4v) is 1.50. The van der Waals surface area contributed by atoms with Crippen molar-refractivity contribution in [1.82, 2.24) is 5.32 Å². The minimum Gasteiger partial charge on any atom is -0.479 e. The van der Waals surface area contributed by atoms with Crippen molar-refractivity contribution in [3.8, 4) is 0 Å². The lowest BCUT2D eigenvalue weighted by atomic mass is 10.2. The van der Waals surface area contributed by atoms with Crippen LogP contribution >= 0.6 is 0 Å². The largest absolute Gasteiger partial charge is 0.479 e. The van der Waals surface area contributed by atoms with Gasteiger partial charge in [-0.25, -0.2) is 9.59 Å². The molecule has 1 aromatic carbocycles. The second-order valence-corrected chi connectivity index (χ2v) is 4.29. The Labute approximate surface area is 121 Å². The van der Waals surface area contributed by atoms with E-state index in [2.05, 4.69) is 16.0 Å². The van der Waals surface area contributed by atoms with Crippen molar-refractivity contribution >= 4 is 29.3 Å². The van der Waals surface area contributed by atoms with Crippen LogP contribution in [0.5, 0.6) is 0 Å². The number of aliphatic hydroxyl groups is 1. The van der Waals surface area contributed by atoms with Crippen LogP contribution in [0, 0.1) is 0 Å². The average molecular weight is 295 g/mol. The first-order chi connectivity index (χ1) is 9.88. The molecule has 0 fully saturated rings. The molecule has 0 saturated heterocycles. The Hall–Kier alpha value is -2.61. The summed E-state index contributed by atoms with van der Waals surface area (Å²) >= 11 is 0. The first kappa shape index (κ1) is 16.4. The Morgan fingerprint density at radius 3 is 2.38 bits per heavy atom. The molecule has 0 aliphatic carbocycles. The van der Waals surface area contributed by atoms with E-state index in [1.165, 1.54) is 6.92 Å². The molecule has 1 atom stereocenters. The fourth-order valence-electron chi connectivity index (χ4n) is 1.50. The number of carbonyl (C=O) groups is 3. The summed E-state index contributed by atoms with van der Waals surface area (Å²) in [5.41, 5.74) is 1.01. The molecule has 5 N–H and O–H groups in total. The highest BCUT2D eigenvalue weighted by Crippen LogP contribution is 2.14. The Bertz CT molecular complexity index is 532. The fraction of sp³-hybridized carbons (Fsp3) is 0.308. The zero-order valence-corrected chi connectivity index (χ0v) is 11.4. The number of urea groups is 1. The average Bonchev–Trinajstić information content (AvgIpc) is 2.37. The van der Waals surface area contributed by atoms with Gasteiger partial charge in [-0.05, 0) is 18.2 Å². The van der Waals surface area contributed by atoms with E-state index >= 15 is 0 Å². The van der Waals surface area contributed by atoms with Crippen molar-refractivity contribution in [1.29, 1.82) is 0 Å². The standard InChI is InChI=1S/C13H17N3O5/c1-8(17)15-9-3-2-4-10(7-9)16-13(21)14-6-5-11(18)12(19)20/h2-4,7,11,18H,5-6H2,1H3,(H,15,17)(H,19,20)(H2,14,16,21)/t11-/m0/s1. The number of nitrogens with one attached hydrogen (secondary N) is 3. The van der Waals surface area contributed by atoms with Crippen molar-refractivity contribution in [2.45, 2.75) is 19.4 Å². The molecule has 1 aromatic rings. The number of amides is 3.